The van der Waals surface area contributed by atoms with E-state index >= 15 is 0 Å². The van der Waals surface area contributed by atoms with Gasteiger partial charge < -0.3 is 9.64 Å². The summed E-state index contributed by atoms with van der Waals surface area (Å²) in [7, 11) is 1.93. The standard InChI is InChI=1S/C19H25N3O2/c1-4-17(24-18-10-6-5-8-14(18)2)19(23)22-13-7-9-16(22)15-11-12-20-21(15)3/h5-6,8,10-12,16-17H,4,7,9,13H2,1-3H3. The summed E-state index contributed by atoms with van der Waals surface area (Å²) in [6.07, 6.45) is 3.99. The maximum atomic E-state index is 13.1. The third kappa shape index (κ3) is 3.16. The van der Waals surface area contributed by atoms with E-state index in [4.69, 9.17) is 4.74 Å². The second-order valence-electron chi connectivity index (χ2n) is 6.35. The molecule has 1 aliphatic rings. The predicted molar refractivity (Wildman–Crippen MR) is 92.8 cm³/mol. The summed E-state index contributed by atoms with van der Waals surface area (Å²) in [5, 5.41) is 4.25. The molecule has 1 aromatic heterocycles. The van der Waals surface area contributed by atoms with Crippen molar-refractivity contribution in [2.75, 3.05) is 6.54 Å². The van der Waals surface area contributed by atoms with E-state index in [0.29, 0.717) is 6.42 Å². The lowest BCUT2D eigenvalue weighted by Gasteiger charge is -2.29. The second-order valence-corrected chi connectivity index (χ2v) is 6.35. The van der Waals surface area contributed by atoms with Crippen molar-refractivity contribution in [1.82, 2.24) is 14.7 Å². The molecule has 0 spiro atoms. The zero-order valence-electron chi connectivity index (χ0n) is 14.6. The molecule has 2 unspecified atom stereocenters. The normalized spacial score (nSPS) is 18.6. The van der Waals surface area contributed by atoms with E-state index in [0.717, 1.165) is 36.4 Å². The second kappa shape index (κ2) is 7.07. The Kier molecular flexibility index (Phi) is 4.88. The molecule has 1 aliphatic heterocycles. The summed E-state index contributed by atoms with van der Waals surface area (Å²) in [5.41, 5.74) is 2.14. The van der Waals surface area contributed by atoms with E-state index < -0.39 is 6.10 Å². The Labute approximate surface area is 143 Å². The van der Waals surface area contributed by atoms with Gasteiger partial charge in [0.1, 0.15) is 5.75 Å². The van der Waals surface area contributed by atoms with Crippen LogP contribution in [-0.4, -0.2) is 33.2 Å². The summed E-state index contributed by atoms with van der Waals surface area (Å²) in [6.45, 7) is 4.78. The van der Waals surface area contributed by atoms with Crippen molar-refractivity contribution in [1.29, 1.82) is 0 Å². The number of aromatic nitrogens is 2. The number of hydrogen-bond donors (Lipinski definition) is 0. The fourth-order valence-corrected chi connectivity index (χ4v) is 3.38. The predicted octanol–water partition coefficient (Wildman–Crippen LogP) is 3.25. The minimum absolute atomic E-state index is 0.0736. The van der Waals surface area contributed by atoms with Crippen molar-refractivity contribution in [2.45, 2.75) is 45.3 Å². The molecule has 0 aliphatic carbocycles. The number of amides is 1. The third-order valence-electron chi connectivity index (χ3n) is 4.75. The molecule has 1 amide bonds. The van der Waals surface area contributed by atoms with Crippen LogP contribution in [0.5, 0.6) is 5.75 Å². The number of aryl methyl sites for hydroxylation is 2. The zero-order chi connectivity index (χ0) is 17.1. The molecular weight excluding hydrogens is 302 g/mol. The Morgan fingerprint density at radius 2 is 2.17 bits per heavy atom. The molecule has 5 heteroatoms. The highest BCUT2D eigenvalue weighted by Gasteiger charge is 2.35. The van der Waals surface area contributed by atoms with Crippen LogP contribution in [0.15, 0.2) is 36.5 Å². The topological polar surface area (TPSA) is 47.4 Å². The van der Waals surface area contributed by atoms with Gasteiger partial charge in [-0.3, -0.25) is 9.48 Å². The van der Waals surface area contributed by atoms with Gasteiger partial charge in [-0.25, -0.2) is 0 Å². The van der Waals surface area contributed by atoms with E-state index in [2.05, 4.69) is 5.10 Å². The van der Waals surface area contributed by atoms with Gasteiger partial charge in [0, 0.05) is 19.8 Å². The van der Waals surface area contributed by atoms with Gasteiger partial charge in [-0.2, -0.15) is 5.10 Å². The molecule has 0 saturated carbocycles. The van der Waals surface area contributed by atoms with E-state index in [9.17, 15) is 4.79 Å². The quantitative estimate of drug-likeness (QED) is 0.847. The lowest BCUT2D eigenvalue weighted by atomic mass is 10.1. The molecule has 2 aromatic rings. The molecule has 1 saturated heterocycles. The molecular formula is C19H25N3O2. The Bertz CT molecular complexity index is 710. The van der Waals surface area contributed by atoms with Crippen LogP contribution in [-0.2, 0) is 11.8 Å². The van der Waals surface area contributed by atoms with E-state index in [-0.39, 0.29) is 11.9 Å². The fourth-order valence-electron chi connectivity index (χ4n) is 3.38. The van der Waals surface area contributed by atoms with Crippen molar-refractivity contribution < 1.29 is 9.53 Å². The van der Waals surface area contributed by atoms with Crippen LogP contribution in [0, 0.1) is 6.92 Å². The number of nitrogens with zero attached hydrogens (tertiary/aromatic N) is 3. The highest BCUT2D eigenvalue weighted by atomic mass is 16.5. The lowest BCUT2D eigenvalue weighted by Crippen LogP contribution is -2.41. The summed E-state index contributed by atoms with van der Waals surface area (Å²) in [5.74, 6) is 0.860. The smallest absolute Gasteiger partial charge is 0.264 e. The molecule has 5 nitrogen and oxygen atoms in total. The van der Waals surface area contributed by atoms with Gasteiger partial charge in [0.15, 0.2) is 6.10 Å². The molecule has 0 radical (unpaired) electrons. The number of ether oxygens (including phenoxy) is 1. The molecule has 0 bridgehead atoms. The first kappa shape index (κ1) is 16.6. The molecule has 24 heavy (non-hydrogen) atoms. The van der Waals surface area contributed by atoms with Crippen molar-refractivity contribution in [3.05, 3.63) is 47.8 Å². The summed E-state index contributed by atoms with van der Waals surface area (Å²) in [4.78, 5) is 15.0. The first-order chi connectivity index (χ1) is 11.6. The van der Waals surface area contributed by atoms with Crippen LogP contribution in [0.2, 0.25) is 0 Å². The van der Waals surface area contributed by atoms with Gasteiger partial charge in [0.2, 0.25) is 0 Å². The molecule has 128 valence electrons. The first-order valence-corrected chi connectivity index (χ1v) is 8.62. The molecule has 1 fully saturated rings. The third-order valence-corrected chi connectivity index (χ3v) is 4.75. The highest BCUT2D eigenvalue weighted by molar-refractivity contribution is 5.82. The molecule has 3 rings (SSSR count). The van der Waals surface area contributed by atoms with Gasteiger partial charge in [0.05, 0.1) is 11.7 Å². The molecule has 2 heterocycles. The summed E-state index contributed by atoms with van der Waals surface area (Å²) in [6, 6.07) is 9.94. The summed E-state index contributed by atoms with van der Waals surface area (Å²) >= 11 is 0. The fraction of sp³-hybridized carbons (Fsp3) is 0.474. The van der Waals surface area contributed by atoms with Gasteiger partial charge in [-0.15, -0.1) is 0 Å². The van der Waals surface area contributed by atoms with Gasteiger partial charge >= 0.3 is 0 Å². The molecule has 1 aromatic carbocycles. The maximum absolute atomic E-state index is 13.1. The number of hydrogen-bond acceptors (Lipinski definition) is 3. The number of rotatable bonds is 5. The van der Waals surface area contributed by atoms with Crippen molar-refractivity contribution in [2.24, 2.45) is 7.05 Å². The Hall–Kier alpha value is -2.30. The van der Waals surface area contributed by atoms with Crippen LogP contribution in [0.1, 0.15) is 43.5 Å². The highest BCUT2D eigenvalue weighted by Crippen LogP contribution is 2.33. The van der Waals surface area contributed by atoms with Crippen molar-refractivity contribution in [3.8, 4) is 5.75 Å². The van der Waals surface area contributed by atoms with Gasteiger partial charge in [-0.1, -0.05) is 25.1 Å². The minimum atomic E-state index is -0.445. The number of carbonyl (C=O) groups is 1. The van der Waals surface area contributed by atoms with Crippen LogP contribution in [0.4, 0.5) is 0 Å². The van der Waals surface area contributed by atoms with Gasteiger partial charge in [0.25, 0.3) is 5.91 Å². The van der Waals surface area contributed by atoms with Crippen LogP contribution < -0.4 is 4.74 Å². The summed E-state index contributed by atoms with van der Waals surface area (Å²) < 4.78 is 7.91. The van der Waals surface area contributed by atoms with Crippen LogP contribution in [0.3, 0.4) is 0 Å². The number of likely N-dealkylation sites (tertiary alicyclic amines) is 1. The maximum Gasteiger partial charge on any atom is 0.264 e. The number of para-hydroxylation sites is 1. The Morgan fingerprint density at radius 3 is 2.83 bits per heavy atom. The van der Waals surface area contributed by atoms with E-state index in [1.54, 1.807) is 6.20 Å². The molecule has 2 atom stereocenters. The zero-order valence-corrected chi connectivity index (χ0v) is 14.6. The van der Waals surface area contributed by atoms with Gasteiger partial charge in [-0.05, 0) is 43.9 Å². The van der Waals surface area contributed by atoms with Crippen LogP contribution >= 0.6 is 0 Å². The van der Waals surface area contributed by atoms with E-state index in [1.807, 2.05) is 60.8 Å². The van der Waals surface area contributed by atoms with E-state index in [1.165, 1.54) is 0 Å². The first-order valence-electron chi connectivity index (χ1n) is 8.62. The lowest BCUT2D eigenvalue weighted by molar-refractivity contribution is -0.140. The van der Waals surface area contributed by atoms with Crippen molar-refractivity contribution >= 4 is 5.91 Å². The Morgan fingerprint density at radius 1 is 1.38 bits per heavy atom. The monoisotopic (exact) mass is 327 g/mol. The largest absolute Gasteiger partial charge is 0.480 e. The number of carbonyl (C=O) groups excluding carboxylic acids is 1. The SMILES string of the molecule is CCC(Oc1ccccc1C)C(=O)N1CCCC1c1ccnn1C. The Balaban J connectivity index is 1.78. The number of benzene rings is 1. The minimum Gasteiger partial charge on any atom is -0.480 e. The van der Waals surface area contributed by atoms with Crippen LogP contribution in [0.25, 0.3) is 0 Å². The molecule has 0 N–H and O–H groups in total. The average Bonchev–Trinajstić information content (AvgIpc) is 3.21. The average molecular weight is 327 g/mol. The van der Waals surface area contributed by atoms with Crippen molar-refractivity contribution in [3.63, 3.8) is 0 Å².